The van der Waals surface area contributed by atoms with Crippen LogP contribution in [0.3, 0.4) is 0 Å². The molecule has 0 saturated heterocycles. The summed E-state index contributed by atoms with van der Waals surface area (Å²) in [6, 6.07) is -0.272. The third-order valence-corrected chi connectivity index (χ3v) is 3.51. The Labute approximate surface area is 108 Å². The van der Waals surface area contributed by atoms with Crippen molar-refractivity contribution in [3.05, 3.63) is 0 Å². The summed E-state index contributed by atoms with van der Waals surface area (Å²) >= 11 is 0. The minimum absolute atomic E-state index is 0.184. The van der Waals surface area contributed by atoms with Crippen LogP contribution in [0.15, 0.2) is 0 Å². The lowest BCUT2D eigenvalue weighted by atomic mass is 9.69. The zero-order chi connectivity index (χ0) is 13.8. The molecule has 1 aliphatic rings. The monoisotopic (exact) mass is 256 g/mol. The zero-order valence-electron chi connectivity index (χ0n) is 11.5. The SMILES string of the molecule is CC(C)(C)CCNC(=O)NCC1(C(=O)O)CCC1. The number of carbonyl (C=O) groups is 2. The molecule has 1 aliphatic carbocycles. The highest BCUT2D eigenvalue weighted by atomic mass is 16.4. The molecular formula is C13H24N2O3. The van der Waals surface area contributed by atoms with E-state index in [1.165, 1.54) is 0 Å². The fraction of sp³-hybridized carbons (Fsp3) is 0.846. The van der Waals surface area contributed by atoms with Crippen LogP contribution in [0.2, 0.25) is 0 Å². The van der Waals surface area contributed by atoms with Crippen LogP contribution in [0.5, 0.6) is 0 Å². The van der Waals surface area contributed by atoms with E-state index in [4.69, 9.17) is 5.11 Å². The van der Waals surface area contributed by atoms with Gasteiger partial charge in [-0.1, -0.05) is 27.2 Å². The van der Waals surface area contributed by atoms with Gasteiger partial charge in [0.15, 0.2) is 0 Å². The van der Waals surface area contributed by atoms with Gasteiger partial charge in [-0.15, -0.1) is 0 Å². The van der Waals surface area contributed by atoms with Crippen molar-refractivity contribution in [2.24, 2.45) is 10.8 Å². The van der Waals surface area contributed by atoms with E-state index in [1.807, 2.05) is 0 Å². The van der Waals surface area contributed by atoms with Gasteiger partial charge in [0.05, 0.1) is 5.41 Å². The lowest BCUT2D eigenvalue weighted by molar-refractivity contribution is -0.153. The number of rotatable bonds is 5. The van der Waals surface area contributed by atoms with E-state index in [0.29, 0.717) is 19.4 Å². The molecule has 0 atom stereocenters. The largest absolute Gasteiger partial charge is 0.481 e. The third kappa shape index (κ3) is 4.20. The number of amides is 2. The molecule has 2 amide bonds. The van der Waals surface area contributed by atoms with Gasteiger partial charge in [0.2, 0.25) is 0 Å². The Kier molecular flexibility index (Phi) is 4.59. The highest BCUT2D eigenvalue weighted by molar-refractivity contribution is 5.78. The molecule has 5 nitrogen and oxygen atoms in total. The maximum atomic E-state index is 11.5. The van der Waals surface area contributed by atoms with Crippen molar-refractivity contribution in [3.8, 4) is 0 Å². The van der Waals surface area contributed by atoms with Crippen LogP contribution >= 0.6 is 0 Å². The second kappa shape index (κ2) is 5.59. The quantitative estimate of drug-likeness (QED) is 0.703. The van der Waals surface area contributed by atoms with Gasteiger partial charge in [-0.2, -0.15) is 0 Å². The molecule has 5 heteroatoms. The summed E-state index contributed by atoms with van der Waals surface area (Å²) < 4.78 is 0. The summed E-state index contributed by atoms with van der Waals surface area (Å²) in [5.74, 6) is -0.802. The van der Waals surface area contributed by atoms with Crippen molar-refractivity contribution in [1.82, 2.24) is 10.6 Å². The Balaban J connectivity index is 2.23. The van der Waals surface area contributed by atoms with Crippen molar-refractivity contribution in [3.63, 3.8) is 0 Å². The molecule has 1 rings (SSSR count). The minimum Gasteiger partial charge on any atom is -0.481 e. The van der Waals surface area contributed by atoms with E-state index in [0.717, 1.165) is 12.8 Å². The maximum absolute atomic E-state index is 11.5. The van der Waals surface area contributed by atoms with Crippen molar-refractivity contribution in [1.29, 1.82) is 0 Å². The van der Waals surface area contributed by atoms with E-state index < -0.39 is 11.4 Å². The minimum atomic E-state index is -0.802. The van der Waals surface area contributed by atoms with E-state index in [9.17, 15) is 9.59 Å². The standard InChI is InChI=1S/C13H24N2O3/c1-12(2,3)7-8-14-11(18)15-9-13(10(16)17)5-4-6-13/h4-9H2,1-3H3,(H,16,17)(H2,14,15,18). The van der Waals surface area contributed by atoms with Gasteiger partial charge in [-0.05, 0) is 24.7 Å². The smallest absolute Gasteiger partial charge is 0.314 e. The first-order valence-corrected chi connectivity index (χ1v) is 6.50. The van der Waals surface area contributed by atoms with Gasteiger partial charge in [0, 0.05) is 13.1 Å². The van der Waals surface area contributed by atoms with Crippen molar-refractivity contribution >= 4 is 12.0 Å². The molecule has 0 aromatic heterocycles. The van der Waals surface area contributed by atoms with Crippen LogP contribution in [-0.4, -0.2) is 30.2 Å². The number of carbonyl (C=O) groups excluding carboxylic acids is 1. The van der Waals surface area contributed by atoms with Gasteiger partial charge >= 0.3 is 12.0 Å². The van der Waals surface area contributed by atoms with Crippen LogP contribution in [0.1, 0.15) is 46.5 Å². The molecule has 18 heavy (non-hydrogen) atoms. The van der Waals surface area contributed by atoms with Gasteiger partial charge < -0.3 is 15.7 Å². The highest BCUT2D eigenvalue weighted by Crippen LogP contribution is 2.40. The van der Waals surface area contributed by atoms with Gasteiger partial charge in [-0.25, -0.2) is 4.79 Å². The number of carboxylic acid groups (broad SMARTS) is 1. The van der Waals surface area contributed by atoms with E-state index in [-0.39, 0.29) is 18.0 Å². The number of carboxylic acids is 1. The molecular weight excluding hydrogens is 232 g/mol. The van der Waals surface area contributed by atoms with Gasteiger partial charge in [0.25, 0.3) is 0 Å². The average Bonchev–Trinajstić information content (AvgIpc) is 2.13. The molecule has 104 valence electrons. The summed E-state index contributed by atoms with van der Waals surface area (Å²) in [4.78, 5) is 22.6. The molecule has 0 aromatic rings. The third-order valence-electron chi connectivity index (χ3n) is 3.51. The van der Waals surface area contributed by atoms with Crippen LogP contribution in [0.4, 0.5) is 4.79 Å². The molecule has 0 spiro atoms. The number of urea groups is 1. The predicted molar refractivity (Wildman–Crippen MR) is 69.4 cm³/mol. The molecule has 1 fully saturated rings. The van der Waals surface area contributed by atoms with E-state index >= 15 is 0 Å². The molecule has 0 aromatic carbocycles. The first kappa shape index (κ1) is 14.8. The maximum Gasteiger partial charge on any atom is 0.314 e. The number of hydrogen-bond acceptors (Lipinski definition) is 2. The summed E-state index contributed by atoms with van der Waals surface area (Å²) in [6.07, 6.45) is 3.14. The summed E-state index contributed by atoms with van der Waals surface area (Å²) in [6.45, 7) is 7.17. The second-order valence-electron chi connectivity index (χ2n) is 6.36. The first-order chi connectivity index (χ1) is 8.25. The van der Waals surface area contributed by atoms with Crippen molar-refractivity contribution in [2.75, 3.05) is 13.1 Å². The average molecular weight is 256 g/mol. The summed E-state index contributed by atoms with van der Waals surface area (Å²) in [5.41, 5.74) is -0.537. The van der Waals surface area contributed by atoms with Crippen molar-refractivity contribution in [2.45, 2.75) is 46.5 Å². The van der Waals surface area contributed by atoms with Crippen LogP contribution in [0, 0.1) is 10.8 Å². The summed E-state index contributed by atoms with van der Waals surface area (Å²) in [5, 5.41) is 14.5. The molecule has 3 N–H and O–H groups in total. The molecule has 0 radical (unpaired) electrons. The first-order valence-electron chi connectivity index (χ1n) is 6.50. The Morgan fingerprint density at radius 3 is 2.22 bits per heavy atom. The Morgan fingerprint density at radius 2 is 1.83 bits per heavy atom. The van der Waals surface area contributed by atoms with E-state index in [1.54, 1.807) is 0 Å². The lowest BCUT2D eigenvalue weighted by Gasteiger charge is -2.37. The molecule has 1 saturated carbocycles. The predicted octanol–water partition coefficient (Wildman–Crippen LogP) is 1.98. The van der Waals surface area contributed by atoms with Crippen molar-refractivity contribution < 1.29 is 14.7 Å². The van der Waals surface area contributed by atoms with Crippen LogP contribution in [0.25, 0.3) is 0 Å². The van der Waals surface area contributed by atoms with Crippen LogP contribution < -0.4 is 10.6 Å². The number of nitrogens with one attached hydrogen (secondary N) is 2. The zero-order valence-corrected chi connectivity index (χ0v) is 11.5. The Morgan fingerprint density at radius 1 is 1.22 bits per heavy atom. The molecule has 0 heterocycles. The lowest BCUT2D eigenvalue weighted by Crippen LogP contribution is -2.49. The molecule has 0 aliphatic heterocycles. The van der Waals surface area contributed by atoms with E-state index in [2.05, 4.69) is 31.4 Å². The number of aliphatic carboxylic acids is 1. The molecule has 0 bridgehead atoms. The normalized spacial score (nSPS) is 17.7. The van der Waals surface area contributed by atoms with Gasteiger partial charge in [0.1, 0.15) is 0 Å². The number of hydrogen-bond donors (Lipinski definition) is 3. The Bertz CT molecular complexity index is 317. The fourth-order valence-electron chi connectivity index (χ4n) is 1.93. The molecule has 0 unspecified atom stereocenters. The fourth-order valence-corrected chi connectivity index (χ4v) is 1.93. The summed E-state index contributed by atoms with van der Waals surface area (Å²) in [7, 11) is 0. The second-order valence-corrected chi connectivity index (χ2v) is 6.36. The topological polar surface area (TPSA) is 78.4 Å². The Hall–Kier alpha value is -1.26. The van der Waals surface area contributed by atoms with Gasteiger partial charge in [-0.3, -0.25) is 4.79 Å². The van der Waals surface area contributed by atoms with Crippen LogP contribution in [-0.2, 0) is 4.79 Å². The highest BCUT2D eigenvalue weighted by Gasteiger charge is 2.44.